The summed E-state index contributed by atoms with van der Waals surface area (Å²) < 4.78 is 33.9. The molecule has 2 bridgehead atoms. The normalized spacial score (nSPS) is 23.8. The lowest BCUT2D eigenvalue weighted by molar-refractivity contribution is -0.0651. The maximum atomic E-state index is 14.0. The summed E-state index contributed by atoms with van der Waals surface area (Å²) in [6.45, 7) is 10.9. The van der Waals surface area contributed by atoms with E-state index in [1.807, 2.05) is 6.92 Å². The van der Waals surface area contributed by atoms with Crippen molar-refractivity contribution in [1.29, 1.82) is 0 Å². The van der Waals surface area contributed by atoms with E-state index >= 15 is 0 Å². The fourth-order valence-corrected chi connectivity index (χ4v) is 5.95. The monoisotopic (exact) mass is 514 g/mol. The van der Waals surface area contributed by atoms with Crippen molar-refractivity contribution in [3.05, 3.63) is 64.7 Å². The molecular formula is C27H38Cl2F2N2O. The van der Waals surface area contributed by atoms with Gasteiger partial charge in [-0.05, 0) is 61.1 Å². The van der Waals surface area contributed by atoms with Gasteiger partial charge in [0.25, 0.3) is 0 Å². The molecule has 0 amide bonds. The van der Waals surface area contributed by atoms with Gasteiger partial charge in [-0.25, -0.2) is 8.78 Å². The number of hydrogen-bond donors (Lipinski definition) is 0. The molecule has 0 radical (unpaired) electrons. The fraction of sp³-hybridized carbons (Fsp3) is 0.556. The lowest BCUT2D eigenvalue weighted by atomic mass is 9.51. The van der Waals surface area contributed by atoms with Crippen LogP contribution in [0.5, 0.6) is 0 Å². The van der Waals surface area contributed by atoms with Crippen LogP contribution in [0, 0.1) is 17.0 Å². The number of piperidine rings is 1. The van der Waals surface area contributed by atoms with Crippen LogP contribution in [0.2, 0.25) is 0 Å². The molecule has 0 spiro atoms. The molecular weight excluding hydrogens is 477 g/mol. The molecule has 7 heteroatoms. The predicted octanol–water partition coefficient (Wildman–Crippen LogP) is 6.39. The zero-order chi connectivity index (χ0) is 23.3. The van der Waals surface area contributed by atoms with Crippen molar-refractivity contribution in [3.63, 3.8) is 0 Å². The van der Waals surface area contributed by atoms with Crippen molar-refractivity contribution < 1.29 is 13.5 Å². The number of anilines is 1. The van der Waals surface area contributed by atoms with Crippen molar-refractivity contribution in [2.24, 2.45) is 5.41 Å². The minimum atomic E-state index is -0.549. The van der Waals surface area contributed by atoms with Gasteiger partial charge in [0.15, 0.2) is 0 Å². The molecule has 0 N–H and O–H groups in total. The second kappa shape index (κ2) is 10.7. The zero-order valence-corrected chi connectivity index (χ0v) is 22.7. The molecule has 1 aliphatic carbocycles. The van der Waals surface area contributed by atoms with Crippen molar-refractivity contribution >= 4 is 30.5 Å². The van der Waals surface area contributed by atoms with E-state index in [0.717, 1.165) is 25.9 Å². The van der Waals surface area contributed by atoms with E-state index in [9.17, 15) is 8.78 Å². The van der Waals surface area contributed by atoms with Gasteiger partial charge in [-0.2, -0.15) is 0 Å². The van der Waals surface area contributed by atoms with Crippen LogP contribution in [-0.4, -0.2) is 44.2 Å². The summed E-state index contributed by atoms with van der Waals surface area (Å²) in [7, 11) is 4.23. The van der Waals surface area contributed by atoms with Gasteiger partial charge in [0, 0.05) is 43.3 Å². The Morgan fingerprint density at radius 3 is 2.29 bits per heavy atom. The van der Waals surface area contributed by atoms with Crippen LogP contribution in [0.4, 0.5) is 14.5 Å². The maximum absolute atomic E-state index is 14.0. The largest absolute Gasteiger partial charge is 0.377 e. The van der Waals surface area contributed by atoms with E-state index in [0.29, 0.717) is 6.04 Å². The second-order valence-electron chi connectivity index (χ2n) is 10.5. The highest BCUT2D eigenvalue weighted by molar-refractivity contribution is 5.85. The van der Waals surface area contributed by atoms with E-state index in [1.165, 1.54) is 35.0 Å². The number of halogens is 4. The van der Waals surface area contributed by atoms with Crippen molar-refractivity contribution in [1.82, 2.24) is 4.90 Å². The summed E-state index contributed by atoms with van der Waals surface area (Å²) in [6.07, 6.45) is 1.95. The number of ether oxygens (including phenoxy) is 1. The summed E-state index contributed by atoms with van der Waals surface area (Å²) in [4.78, 5) is 4.76. The Morgan fingerprint density at radius 2 is 1.68 bits per heavy atom. The Kier molecular flexibility index (Phi) is 9.07. The summed E-state index contributed by atoms with van der Waals surface area (Å²) in [5, 5.41) is 0. The number of nitrogens with zero attached hydrogens (tertiary/aromatic N) is 2. The van der Waals surface area contributed by atoms with Crippen molar-refractivity contribution in [2.45, 2.75) is 64.7 Å². The summed E-state index contributed by atoms with van der Waals surface area (Å²) in [5.41, 5.74) is 4.46. The van der Waals surface area contributed by atoms with Gasteiger partial charge in [0.05, 0.1) is 12.7 Å². The predicted molar refractivity (Wildman–Crippen MR) is 141 cm³/mol. The number of rotatable bonds is 6. The lowest BCUT2D eigenvalue weighted by Gasteiger charge is -2.61. The average Bonchev–Trinajstić information content (AvgIpc) is 2.72. The van der Waals surface area contributed by atoms with Crippen LogP contribution in [0.1, 0.15) is 50.8 Å². The van der Waals surface area contributed by atoms with Gasteiger partial charge in [0.1, 0.15) is 11.6 Å². The number of hydrogen-bond acceptors (Lipinski definition) is 3. The van der Waals surface area contributed by atoms with Crippen LogP contribution in [0.25, 0.3) is 0 Å². The molecule has 0 saturated carbocycles. The number of benzene rings is 2. The SMILES string of the molecule is CC(CN1CC[C@@]2(C)c3cccc(N(C)C)c3C[C@@H]1C2(C)C)OCc1c(F)cccc1F.Cl.Cl. The first-order valence-corrected chi connectivity index (χ1v) is 11.6. The van der Waals surface area contributed by atoms with Gasteiger partial charge < -0.3 is 9.64 Å². The third kappa shape index (κ3) is 4.82. The van der Waals surface area contributed by atoms with Gasteiger partial charge in [0.2, 0.25) is 0 Å². The Hall–Kier alpha value is -1.40. The van der Waals surface area contributed by atoms with Gasteiger partial charge in [-0.15, -0.1) is 24.8 Å². The van der Waals surface area contributed by atoms with Crippen molar-refractivity contribution in [2.75, 3.05) is 32.1 Å². The number of likely N-dealkylation sites (tertiary alicyclic amines) is 1. The summed E-state index contributed by atoms with van der Waals surface area (Å²) in [5.74, 6) is -1.10. The van der Waals surface area contributed by atoms with Crippen LogP contribution in [0.15, 0.2) is 36.4 Å². The van der Waals surface area contributed by atoms with E-state index in [4.69, 9.17) is 4.74 Å². The molecule has 2 aliphatic rings. The molecule has 34 heavy (non-hydrogen) atoms. The van der Waals surface area contributed by atoms with E-state index in [1.54, 1.807) is 0 Å². The van der Waals surface area contributed by atoms with E-state index in [-0.39, 0.29) is 53.9 Å². The highest BCUT2D eigenvalue weighted by Gasteiger charge is 2.56. The Labute approximate surface area is 215 Å². The Balaban J connectivity index is 0.00000204. The summed E-state index contributed by atoms with van der Waals surface area (Å²) >= 11 is 0. The molecule has 2 aromatic rings. The average molecular weight is 516 g/mol. The van der Waals surface area contributed by atoms with Crippen LogP contribution in [0.3, 0.4) is 0 Å². The van der Waals surface area contributed by atoms with E-state index < -0.39 is 11.6 Å². The fourth-order valence-electron chi connectivity index (χ4n) is 5.95. The van der Waals surface area contributed by atoms with Gasteiger partial charge >= 0.3 is 0 Å². The molecule has 1 unspecified atom stereocenters. The van der Waals surface area contributed by atoms with E-state index in [2.05, 4.69) is 62.9 Å². The third-order valence-corrected chi connectivity index (χ3v) is 8.29. The van der Waals surface area contributed by atoms with Crippen molar-refractivity contribution in [3.8, 4) is 0 Å². The quantitative estimate of drug-likeness (QED) is 0.443. The molecule has 1 heterocycles. The molecule has 3 atom stereocenters. The van der Waals surface area contributed by atoms with Crippen LogP contribution >= 0.6 is 24.8 Å². The Bertz CT molecular complexity index is 980. The molecule has 1 saturated heterocycles. The molecule has 1 aliphatic heterocycles. The molecule has 1 fully saturated rings. The standard InChI is InChI=1S/C27H36F2N2O.2ClH/c1-18(32-17-20-22(28)10-8-11-23(20)29)16-31-14-13-27(4)21-9-7-12-24(30(5)6)19(21)15-25(31)26(27,2)3;;/h7-12,18,25H,13-17H2,1-6H3;2*1H/t18?,25-,27+;;/m1../s1. The first kappa shape index (κ1) is 28.8. The number of fused-ring (bicyclic) bond motifs is 4. The highest BCUT2D eigenvalue weighted by Crippen LogP contribution is 2.57. The van der Waals surface area contributed by atoms with Crippen LogP contribution in [-0.2, 0) is 23.2 Å². The molecule has 4 rings (SSSR count). The molecule has 3 nitrogen and oxygen atoms in total. The highest BCUT2D eigenvalue weighted by atomic mass is 35.5. The minimum absolute atomic E-state index is 0. The first-order chi connectivity index (χ1) is 15.1. The van der Waals surface area contributed by atoms with Gasteiger partial charge in [-0.1, -0.05) is 39.0 Å². The maximum Gasteiger partial charge on any atom is 0.131 e. The topological polar surface area (TPSA) is 15.7 Å². The smallest absolute Gasteiger partial charge is 0.131 e. The van der Waals surface area contributed by atoms with Crippen LogP contribution < -0.4 is 4.90 Å². The van der Waals surface area contributed by atoms with Gasteiger partial charge in [-0.3, -0.25) is 4.90 Å². The molecule has 2 aromatic carbocycles. The second-order valence-corrected chi connectivity index (χ2v) is 10.5. The molecule has 0 aromatic heterocycles. The zero-order valence-electron chi connectivity index (χ0n) is 21.0. The minimum Gasteiger partial charge on any atom is -0.377 e. The summed E-state index contributed by atoms with van der Waals surface area (Å²) in [6, 6.07) is 11.1. The first-order valence-electron chi connectivity index (χ1n) is 11.6. The Morgan fingerprint density at radius 1 is 1.06 bits per heavy atom. The third-order valence-electron chi connectivity index (χ3n) is 8.29. The lowest BCUT2D eigenvalue weighted by Crippen LogP contribution is -2.64. The molecule has 190 valence electrons.